The van der Waals surface area contributed by atoms with E-state index in [2.05, 4.69) is 26.1 Å². The Morgan fingerprint density at radius 1 is 1.15 bits per heavy atom. The second-order valence-electron chi connectivity index (χ2n) is 5.59. The van der Waals surface area contributed by atoms with Gasteiger partial charge in [0.25, 0.3) is 0 Å². The van der Waals surface area contributed by atoms with Gasteiger partial charge in [-0.05, 0) is 31.2 Å². The molecule has 0 saturated heterocycles. The summed E-state index contributed by atoms with van der Waals surface area (Å²) in [6.45, 7) is 2.22. The number of hydrogen-bond donors (Lipinski definition) is 1. The average Bonchev–Trinajstić information content (AvgIpc) is 3.00. The van der Waals surface area contributed by atoms with Crippen LogP contribution in [0.2, 0.25) is 0 Å². The second kappa shape index (κ2) is 8.37. The summed E-state index contributed by atoms with van der Waals surface area (Å²) in [5, 5.41) is 8.54. The Morgan fingerprint density at radius 3 is 2.54 bits per heavy atom. The summed E-state index contributed by atoms with van der Waals surface area (Å²) in [4.78, 5) is 12.2. The Labute approximate surface area is 163 Å². The third-order valence-corrected chi connectivity index (χ3v) is 5.09. The van der Waals surface area contributed by atoms with Crippen LogP contribution in [0.3, 0.4) is 0 Å². The molecule has 0 aliphatic heterocycles. The van der Waals surface area contributed by atoms with Gasteiger partial charge < -0.3 is 10.6 Å². The molecule has 0 spiro atoms. The molecule has 0 unspecified atom stereocenters. The number of Topliss-reactive ketones (excluding diaryl/α,β-unsaturated/α-hetero) is 1. The van der Waals surface area contributed by atoms with Crippen molar-refractivity contribution in [3.05, 3.63) is 70.0 Å². The highest BCUT2D eigenvalue weighted by Gasteiger charge is 2.14. The Morgan fingerprint density at radius 2 is 1.85 bits per heavy atom. The van der Waals surface area contributed by atoms with Crippen molar-refractivity contribution in [3.8, 4) is 5.75 Å². The number of rotatable bonds is 7. The molecule has 3 rings (SSSR count). The van der Waals surface area contributed by atoms with Crippen LogP contribution in [0.25, 0.3) is 0 Å². The summed E-state index contributed by atoms with van der Waals surface area (Å²) < 4.78 is 7.95. The summed E-state index contributed by atoms with van der Waals surface area (Å²) in [5.41, 5.74) is 1.81. The summed E-state index contributed by atoms with van der Waals surface area (Å²) in [6.07, 6.45) is 0. The number of carbonyl (C=O) groups excluding carboxylic acids is 1. The molecule has 0 aliphatic rings. The fraction of sp³-hybridized carbons (Fsp3) is 0.167. The number of benzene rings is 2. The highest BCUT2D eigenvalue weighted by molar-refractivity contribution is 9.10. The Kier molecular flexibility index (Phi) is 5.95. The van der Waals surface area contributed by atoms with E-state index in [1.165, 1.54) is 16.4 Å². The molecule has 0 amide bonds. The van der Waals surface area contributed by atoms with Crippen LogP contribution >= 0.6 is 27.7 Å². The van der Waals surface area contributed by atoms with Crippen molar-refractivity contribution in [1.82, 2.24) is 14.9 Å². The van der Waals surface area contributed by atoms with Crippen molar-refractivity contribution < 1.29 is 9.53 Å². The molecule has 0 atom stereocenters. The van der Waals surface area contributed by atoms with Gasteiger partial charge in [0, 0.05) is 10.0 Å². The highest BCUT2D eigenvalue weighted by atomic mass is 79.9. The number of carbonyl (C=O) groups is 1. The Bertz CT molecular complexity index is 895. The van der Waals surface area contributed by atoms with Gasteiger partial charge in [0.05, 0.1) is 5.75 Å². The monoisotopic (exact) mass is 432 g/mol. The zero-order valence-corrected chi connectivity index (χ0v) is 16.5. The van der Waals surface area contributed by atoms with E-state index in [-0.39, 0.29) is 18.1 Å². The fourth-order valence-electron chi connectivity index (χ4n) is 2.14. The molecule has 0 saturated carbocycles. The first-order chi connectivity index (χ1) is 12.5. The van der Waals surface area contributed by atoms with Gasteiger partial charge in [-0.25, -0.2) is 4.68 Å². The van der Waals surface area contributed by atoms with Crippen LogP contribution in [0.5, 0.6) is 5.75 Å². The molecule has 8 heteroatoms. The SMILES string of the molecule is Cc1ccc(OCc2nnc(SCC(=O)c3ccc(Br)cc3)n2N)cc1. The number of hydrogen-bond acceptors (Lipinski definition) is 6. The lowest BCUT2D eigenvalue weighted by molar-refractivity contribution is 0.102. The first-order valence-electron chi connectivity index (χ1n) is 7.83. The number of nitrogens with two attached hydrogens (primary N) is 1. The molecular weight excluding hydrogens is 416 g/mol. The van der Waals surface area contributed by atoms with Gasteiger partial charge >= 0.3 is 0 Å². The molecule has 0 aliphatic carbocycles. The smallest absolute Gasteiger partial charge is 0.210 e. The minimum atomic E-state index is 0.00274. The number of ketones is 1. The second-order valence-corrected chi connectivity index (χ2v) is 7.45. The molecule has 6 nitrogen and oxygen atoms in total. The van der Waals surface area contributed by atoms with Gasteiger partial charge in [-0.3, -0.25) is 4.79 Å². The maximum absolute atomic E-state index is 12.2. The minimum absolute atomic E-state index is 0.00274. The zero-order chi connectivity index (χ0) is 18.5. The lowest BCUT2D eigenvalue weighted by Crippen LogP contribution is -2.16. The first kappa shape index (κ1) is 18.5. The fourth-order valence-corrected chi connectivity index (χ4v) is 3.17. The third-order valence-electron chi connectivity index (χ3n) is 3.62. The van der Waals surface area contributed by atoms with E-state index in [1.807, 2.05) is 43.3 Å². The number of thioether (sulfide) groups is 1. The quantitative estimate of drug-likeness (QED) is 0.348. The topological polar surface area (TPSA) is 83.0 Å². The van der Waals surface area contributed by atoms with Crippen LogP contribution in [0.4, 0.5) is 0 Å². The average molecular weight is 433 g/mol. The van der Waals surface area contributed by atoms with E-state index < -0.39 is 0 Å². The summed E-state index contributed by atoms with van der Waals surface area (Å²) in [7, 11) is 0. The van der Waals surface area contributed by atoms with E-state index in [1.54, 1.807) is 12.1 Å². The van der Waals surface area contributed by atoms with Gasteiger partial charge in [-0.15, -0.1) is 10.2 Å². The van der Waals surface area contributed by atoms with Gasteiger partial charge in [0.2, 0.25) is 5.16 Å². The van der Waals surface area contributed by atoms with Crippen LogP contribution in [0, 0.1) is 6.92 Å². The molecule has 1 heterocycles. The van der Waals surface area contributed by atoms with Crippen molar-refractivity contribution >= 4 is 33.5 Å². The van der Waals surface area contributed by atoms with Crippen LogP contribution in [0.1, 0.15) is 21.7 Å². The van der Waals surface area contributed by atoms with E-state index in [0.29, 0.717) is 16.5 Å². The lowest BCUT2D eigenvalue weighted by Gasteiger charge is -2.06. The molecule has 26 heavy (non-hydrogen) atoms. The van der Waals surface area contributed by atoms with Crippen LogP contribution < -0.4 is 10.6 Å². The number of aryl methyl sites for hydroxylation is 1. The van der Waals surface area contributed by atoms with Gasteiger partial charge in [0.1, 0.15) is 12.4 Å². The van der Waals surface area contributed by atoms with E-state index >= 15 is 0 Å². The van der Waals surface area contributed by atoms with E-state index in [9.17, 15) is 4.79 Å². The molecular formula is C18H17BrN4O2S. The maximum Gasteiger partial charge on any atom is 0.210 e. The molecule has 0 fully saturated rings. The normalized spacial score (nSPS) is 10.7. The van der Waals surface area contributed by atoms with Gasteiger partial charge in [-0.2, -0.15) is 0 Å². The number of halogens is 1. The summed E-state index contributed by atoms with van der Waals surface area (Å²) >= 11 is 4.60. The van der Waals surface area contributed by atoms with Crippen LogP contribution in [-0.4, -0.2) is 26.4 Å². The van der Waals surface area contributed by atoms with Crippen molar-refractivity contribution in [2.75, 3.05) is 11.6 Å². The van der Waals surface area contributed by atoms with Crippen LogP contribution in [-0.2, 0) is 6.61 Å². The lowest BCUT2D eigenvalue weighted by atomic mass is 10.2. The number of ether oxygens (including phenoxy) is 1. The molecule has 0 bridgehead atoms. The molecule has 134 valence electrons. The predicted molar refractivity (Wildman–Crippen MR) is 105 cm³/mol. The molecule has 1 aromatic heterocycles. The van der Waals surface area contributed by atoms with Gasteiger partial charge in [-0.1, -0.05) is 57.5 Å². The van der Waals surface area contributed by atoms with Crippen molar-refractivity contribution in [2.45, 2.75) is 18.7 Å². The number of aromatic nitrogens is 3. The highest BCUT2D eigenvalue weighted by Crippen LogP contribution is 2.19. The van der Waals surface area contributed by atoms with Crippen molar-refractivity contribution in [3.63, 3.8) is 0 Å². The molecule has 3 aromatic rings. The van der Waals surface area contributed by atoms with Crippen LogP contribution in [0.15, 0.2) is 58.2 Å². The molecule has 2 N–H and O–H groups in total. The third kappa shape index (κ3) is 4.64. The molecule has 2 aromatic carbocycles. The number of nitrogen functional groups attached to an aromatic ring is 1. The largest absolute Gasteiger partial charge is 0.486 e. The van der Waals surface area contributed by atoms with Crippen molar-refractivity contribution in [1.29, 1.82) is 0 Å². The summed E-state index contributed by atoms with van der Waals surface area (Å²) in [5.74, 6) is 7.47. The van der Waals surface area contributed by atoms with Crippen molar-refractivity contribution in [2.24, 2.45) is 0 Å². The summed E-state index contributed by atoms with van der Waals surface area (Å²) in [6, 6.07) is 14.9. The van der Waals surface area contributed by atoms with E-state index in [4.69, 9.17) is 10.6 Å². The minimum Gasteiger partial charge on any atom is -0.486 e. The number of nitrogens with zero attached hydrogens (tertiary/aromatic N) is 3. The maximum atomic E-state index is 12.2. The first-order valence-corrected chi connectivity index (χ1v) is 9.61. The zero-order valence-electron chi connectivity index (χ0n) is 14.1. The Balaban J connectivity index is 1.57. The standard InChI is InChI=1S/C18H17BrN4O2S/c1-12-2-8-15(9-3-12)25-10-17-21-22-18(23(17)20)26-11-16(24)13-4-6-14(19)7-5-13/h2-9H,10-11,20H2,1H3. The molecule has 0 radical (unpaired) electrons. The predicted octanol–water partition coefficient (Wildman–Crippen LogP) is 3.62. The van der Waals surface area contributed by atoms with E-state index in [0.717, 1.165) is 15.8 Å². The van der Waals surface area contributed by atoms with Gasteiger partial charge in [0.15, 0.2) is 11.6 Å². The Hall–Kier alpha value is -2.32.